The second-order valence-electron chi connectivity index (χ2n) is 4.51. The van der Waals surface area contributed by atoms with Crippen molar-refractivity contribution < 1.29 is 9.90 Å². The van der Waals surface area contributed by atoms with Gasteiger partial charge < -0.3 is 5.11 Å². The number of carbonyl (C=O) groups excluding carboxylic acids is 1. The molecule has 4 nitrogen and oxygen atoms in total. The molecule has 2 rings (SSSR count). The summed E-state index contributed by atoms with van der Waals surface area (Å²) >= 11 is 2.20. The van der Waals surface area contributed by atoms with Gasteiger partial charge in [-0.3, -0.25) is 14.8 Å². The Balaban J connectivity index is 2.24. The van der Waals surface area contributed by atoms with Crippen molar-refractivity contribution in [1.29, 1.82) is 0 Å². The second kappa shape index (κ2) is 5.17. The van der Waals surface area contributed by atoms with Crippen LogP contribution in [0.3, 0.4) is 0 Å². The molecule has 0 bridgehead atoms. The number of alkyl halides is 1. The molecule has 1 heterocycles. The number of Topliss-reactive ketones (excluding diaryl/α,β-unsaturated/α-hetero) is 1. The number of aliphatic hydroxyl groups excluding tert-OH is 1. The zero-order chi connectivity index (χ0) is 13.2. The number of ketones is 1. The van der Waals surface area contributed by atoms with Gasteiger partial charge in [-0.25, -0.2) is 0 Å². The van der Waals surface area contributed by atoms with E-state index in [4.69, 9.17) is 0 Å². The number of rotatable bonds is 2. The molecule has 1 aliphatic rings. The Bertz CT molecular complexity index is 521. The molecule has 1 atom stereocenters. The number of nitrogens with zero attached hydrogens (tertiary/aromatic N) is 2. The standard InChI is InChI=1S/C13H13IN2O2/c1-13(14)6-11(17)10(12(18)7-13)8-16-9-2-4-15-5-3-9/h2-5,8,17H,6-7H2,1H3. The highest BCUT2D eigenvalue weighted by atomic mass is 127. The van der Waals surface area contributed by atoms with Crippen molar-refractivity contribution in [2.75, 3.05) is 0 Å². The molecule has 0 fully saturated rings. The van der Waals surface area contributed by atoms with E-state index in [-0.39, 0.29) is 15.0 Å². The molecule has 1 aromatic rings. The zero-order valence-electron chi connectivity index (χ0n) is 9.93. The fourth-order valence-corrected chi connectivity index (χ4v) is 2.52. The van der Waals surface area contributed by atoms with Gasteiger partial charge in [-0.2, -0.15) is 0 Å². The molecule has 1 aromatic heterocycles. The largest absolute Gasteiger partial charge is 0.511 e. The highest BCUT2D eigenvalue weighted by Gasteiger charge is 2.33. The number of aliphatic imine (C=N–C) groups is 1. The van der Waals surface area contributed by atoms with E-state index in [9.17, 15) is 9.90 Å². The lowest BCUT2D eigenvalue weighted by atomic mass is 9.89. The number of hydrogen-bond donors (Lipinski definition) is 1. The summed E-state index contributed by atoms with van der Waals surface area (Å²) in [6.07, 6.45) is 5.63. The molecule has 18 heavy (non-hydrogen) atoms. The summed E-state index contributed by atoms with van der Waals surface area (Å²) in [5.41, 5.74) is 1.03. The van der Waals surface area contributed by atoms with Crippen molar-refractivity contribution in [2.24, 2.45) is 4.99 Å². The van der Waals surface area contributed by atoms with Crippen molar-refractivity contribution in [1.82, 2.24) is 4.98 Å². The van der Waals surface area contributed by atoms with Crippen molar-refractivity contribution in [3.63, 3.8) is 0 Å². The lowest BCUT2D eigenvalue weighted by Crippen LogP contribution is -2.29. The van der Waals surface area contributed by atoms with Crippen LogP contribution in [-0.4, -0.2) is 25.5 Å². The summed E-state index contributed by atoms with van der Waals surface area (Å²) in [6.45, 7) is 1.96. The number of hydrogen-bond acceptors (Lipinski definition) is 4. The fourth-order valence-electron chi connectivity index (χ4n) is 1.81. The smallest absolute Gasteiger partial charge is 0.169 e. The number of carbonyl (C=O) groups is 1. The van der Waals surface area contributed by atoms with Gasteiger partial charge in [0.2, 0.25) is 0 Å². The predicted molar refractivity (Wildman–Crippen MR) is 78.7 cm³/mol. The maximum atomic E-state index is 11.9. The Morgan fingerprint density at radius 1 is 1.44 bits per heavy atom. The van der Waals surface area contributed by atoms with Crippen LogP contribution in [0.1, 0.15) is 19.8 Å². The molecule has 1 aliphatic carbocycles. The van der Waals surface area contributed by atoms with Crippen molar-refractivity contribution >= 4 is 40.3 Å². The molecule has 0 spiro atoms. The van der Waals surface area contributed by atoms with Crippen LogP contribution in [0.4, 0.5) is 5.69 Å². The summed E-state index contributed by atoms with van der Waals surface area (Å²) in [7, 11) is 0. The van der Waals surface area contributed by atoms with Crippen molar-refractivity contribution in [3.8, 4) is 0 Å². The molecular weight excluding hydrogens is 343 g/mol. The minimum absolute atomic E-state index is 0.0616. The Kier molecular flexibility index (Phi) is 3.79. The molecule has 0 saturated carbocycles. The normalized spacial score (nSPS) is 24.9. The first-order valence-electron chi connectivity index (χ1n) is 5.56. The molecule has 0 saturated heterocycles. The van der Waals surface area contributed by atoms with E-state index in [1.807, 2.05) is 6.92 Å². The minimum atomic E-state index is -0.201. The van der Waals surface area contributed by atoms with Crippen molar-refractivity contribution in [2.45, 2.75) is 23.2 Å². The van der Waals surface area contributed by atoms with Gasteiger partial charge in [0.25, 0.3) is 0 Å². The number of aromatic nitrogens is 1. The molecular formula is C13H13IN2O2. The monoisotopic (exact) mass is 356 g/mol. The molecule has 5 heteroatoms. The Morgan fingerprint density at radius 2 is 2.11 bits per heavy atom. The highest BCUT2D eigenvalue weighted by Crippen LogP contribution is 2.35. The maximum absolute atomic E-state index is 11.9. The van der Waals surface area contributed by atoms with Crippen LogP contribution in [-0.2, 0) is 4.79 Å². The zero-order valence-corrected chi connectivity index (χ0v) is 12.1. The molecule has 1 N–H and O–H groups in total. The molecule has 0 aromatic carbocycles. The summed E-state index contributed by atoms with van der Waals surface area (Å²) in [5.74, 6) is 0.0643. The molecule has 94 valence electrons. The van der Waals surface area contributed by atoms with Crippen LogP contribution in [0.2, 0.25) is 0 Å². The fraction of sp³-hybridized carbons (Fsp3) is 0.308. The second-order valence-corrected chi connectivity index (χ2v) is 7.12. The van der Waals surface area contributed by atoms with Crippen LogP contribution >= 0.6 is 22.6 Å². The van der Waals surface area contributed by atoms with Crippen LogP contribution in [0.5, 0.6) is 0 Å². The van der Waals surface area contributed by atoms with E-state index in [0.717, 1.165) is 0 Å². The Morgan fingerprint density at radius 3 is 2.72 bits per heavy atom. The van der Waals surface area contributed by atoms with Crippen LogP contribution in [0, 0.1) is 0 Å². The number of allylic oxidation sites excluding steroid dienone is 2. The topological polar surface area (TPSA) is 62.5 Å². The third-order valence-corrected chi connectivity index (χ3v) is 3.44. The van der Waals surface area contributed by atoms with E-state index in [0.29, 0.717) is 24.1 Å². The van der Waals surface area contributed by atoms with E-state index in [1.54, 1.807) is 24.5 Å². The molecule has 0 aliphatic heterocycles. The van der Waals surface area contributed by atoms with E-state index in [2.05, 4.69) is 32.6 Å². The van der Waals surface area contributed by atoms with Gasteiger partial charge in [-0.15, -0.1) is 0 Å². The lowest BCUT2D eigenvalue weighted by Gasteiger charge is -2.26. The number of aliphatic hydroxyl groups is 1. The Labute approximate surface area is 119 Å². The third kappa shape index (κ3) is 3.16. The minimum Gasteiger partial charge on any atom is -0.511 e. The first-order valence-corrected chi connectivity index (χ1v) is 6.64. The van der Waals surface area contributed by atoms with E-state index < -0.39 is 0 Å². The van der Waals surface area contributed by atoms with Gasteiger partial charge in [0.15, 0.2) is 5.78 Å². The van der Waals surface area contributed by atoms with Gasteiger partial charge in [-0.05, 0) is 19.1 Å². The maximum Gasteiger partial charge on any atom is 0.169 e. The van der Waals surface area contributed by atoms with E-state index >= 15 is 0 Å². The summed E-state index contributed by atoms with van der Waals surface area (Å²) in [6, 6.07) is 3.48. The van der Waals surface area contributed by atoms with Crippen molar-refractivity contribution in [3.05, 3.63) is 35.9 Å². The first kappa shape index (κ1) is 13.2. The average molecular weight is 356 g/mol. The molecule has 0 radical (unpaired) electrons. The first-order chi connectivity index (χ1) is 8.48. The number of halogens is 1. The van der Waals surface area contributed by atoms with Gasteiger partial charge >= 0.3 is 0 Å². The van der Waals surface area contributed by atoms with Gasteiger partial charge in [0.05, 0.1) is 11.3 Å². The summed E-state index contributed by atoms with van der Waals surface area (Å²) in [4.78, 5) is 20.0. The third-order valence-electron chi connectivity index (χ3n) is 2.68. The van der Waals surface area contributed by atoms with E-state index in [1.165, 1.54) is 6.21 Å². The average Bonchev–Trinajstić information content (AvgIpc) is 2.27. The van der Waals surface area contributed by atoms with Crippen LogP contribution in [0.25, 0.3) is 0 Å². The van der Waals surface area contributed by atoms with Gasteiger partial charge in [0.1, 0.15) is 5.76 Å². The number of pyridine rings is 1. The summed E-state index contributed by atoms with van der Waals surface area (Å²) < 4.78 is -0.201. The quantitative estimate of drug-likeness (QED) is 0.503. The van der Waals surface area contributed by atoms with Gasteiger partial charge in [-0.1, -0.05) is 22.6 Å². The molecule has 0 amide bonds. The van der Waals surface area contributed by atoms with Crippen LogP contribution in [0.15, 0.2) is 40.9 Å². The Hall–Kier alpha value is -1.24. The van der Waals surface area contributed by atoms with Crippen LogP contribution < -0.4 is 0 Å². The van der Waals surface area contributed by atoms with Gasteiger partial charge in [0, 0.05) is 34.9 Å². The molecule has 1 unspecified atom stereocenters. The summed E-state index contributed by atoms with van der Waals surface area (Å²) in [5, 5.41) is 9.90. The lowest BCUT2D eigenvalue weighted by molar-refractivity contribution is -0.116. The predicted octanol–water partition coefficient (Wildman–Crippen LogP) is 3.15. The SMILES string of the molecule is CC1(I)CC(=O)C(C=Nc2ccncc2)=C(O)C1. The highest BCUT2D eigenvalue weighted by molar-refractivity contribution is 14.1.